The molecule has 2 aromatic heterocycles. The normalized spacial score (nSPS) is 24.1. The number of fused-ring (bicyclic) bond motifs is 3. The molecule has 2 heterocycles. The third kappa shape index (κ3) is 4.77. The third-order valence-electron chi connectivity index (χ3n) is 10.2. The lowest BCUT2D eigenvalue weighted by molar-refractivity contribution is 0.383. The number of nitrogens with zero attached hydrogens (tertiary/aromatic N) is 2. The van der Waals surface area contributed by atoms with Crippen LogP contribution in [0.3, 0.4) is 0 Å². The van der Waals surface area contributed by atoms with Crippen molar-refractivity contribution in [3.05, 3.63) is 135 Å². The van der Waals surface area contributed by atoms with Gasteiger partial charge in [-0.1, -0.05) is 85.0 Å². The summed E-state index contributed by atoms with van der Waals surface area (Å²) in [6.07, 6.45) is 25.9. The van der Waals surface area contributed by atoms with Gasteiger partial charge in [0, 0.05) is 35.2 Å². The minimum Gasteiger partial charge on any atom is -0.261 e. The van der Waals surface area contributed by atoms with E-state index in [1.807, 2.05) is 6.20 Å². The van der Waals surface area contributed by atoms with Gasteiger partial charge in [-0.25, -0.2) is 4.98 Å². The lowest BCUT2D eigenvalue weighted by Crippen LogP contribution is -2.36. The monoisotopic (exact) mass is 546 g/mol. The predicted molar refractivity (Wildman–Crippen MR) is 174 cm³/mol. The third-order valence-corrected chi connectivity index (χ3v) is 10.2. The number of benzene rings is 2. The second kappa shape index (κ2) is 11.0. The van der Waals surface area contributed by atoms with Gasteiger partial charge in [-0.15, -0.1) is 0 Å². The molecule has 4 atom stereocenters. The first-order valence-electron chi connectivity index (χ1n) is 16.0. The van der Waals surface area contributed by atoms with Crippen LogP contribution in [0.4, 0.5) is 0 Å². The fraction of sp³-hybridized carbons (Fsp3) is 0.300. The van der Waals surface area contributed by atoms with E-state index in [0.717, 1.165) is 30.3 Å². The number of pyridine rings is 2. The zero-order valence-electron chi connectivity index (χ0n) is 24.3. The Bertz CT molecular complexity index is 1810. The van der Waals surface area contributed by atoms with Crippen molar-refractivity contribution in [1.29, 1.82) is 0 Å². The molecule has 2 aromatic carbocycles. The van der Waals surface area contributed by atoms with Crippen molar-refractivity contribution in [2.24, 2.45) is 5.92 Å². The topological polar surface area (TPSA) is 25.8 Å². The quantitative estimate of drug-likeness (QED) is 0.242. The lowest BCUT2D eigenvalue weighted by atomic mass is 9.72. The molecule has 4 aromatic rings. The van der Waals surface area contributed by atoms with Crippen LogP contribution in [0.1, 0.15) is 89.8 Å². The van der Waals surface area contributed by atoms with Crippen LogP contribution in [0, 0.1) is 5.92 Å². The number of hydrogen-bond acceptors (Lipinski definition) is 2. The first-order chi connectivity index (χ1) is 20.8. The van der Waals surface area contributed by atoms with E-state index < -0.39 is 0 Å². The zero-order chi connectivity index (χ0) is 27.9. The van der Waals surface area contributed by atoms with Crippen molar-refractivity contribution in [1.82, 2.24) is 9.97 Å². The molecule has 4 unspecified atom stereocenters. The molecule has 208 valence electrons. The molecule has 4 aliphatic rings. The van der Waals surface area contributed by atoms with Gasteiger partial charge in [-0.05, 0) is 109 Å². The van der Waals surface area contributed by atoms with Gasteiger partial charge in [-0.3, -0.25) is 4.98 Å². The Balaban J connectivity index is 1.19. The number of allylic oxidation sites excluding steroid dienone is 3. The van der Waals surface area contributed by atoms with Crippen LogP contribution in [-0.2, 0) is 12.8 Å². The van der Waals surface area contributed by atoms with Crippen LogP contribution < -0.4 is 10.6 Å². The highest BCUT2D eigenvalue weighted by molar-refractivity contribution is 5.69. The Morgan fingerprint density at radius 1 is 0.786 bits per heavy atom. The van der Waals surface area contributed by atoms with Gasteiger partial charge < -0.3 is 0 Å². The molecule has 0 N–H and O–H groups in total. The Morgan fingerprint density at radius 3 is 2.64 bits per heavy atom. The van der Waals surface area contributed by atoms with Crippen molar-refractivity contribution in [2.45, 2.75) is 69.1 Å². The van der Waals surface area contributed by atoms with Gasteiger partial charge in [0.15, 0.2) is 0 Å². The summed E-state index contributed by atoms with van der Waals surface area (Å²) in [6, 6.07) is 24.7. The minimum atomic E-state index is 0.367. The molecule has 0 saturated heterocycles. The number of aryl methyl sites for hydroxylation is 2. The van der Waals surface area contributed by atoms with Crippen LogP contribution >= 0.6 is 0 Å². The fourth-order valence-electron chi connectivity index (χ4n) is 7.92. The summed E-state index contributed by atoms with van der Waals surface area (Å²) < 4.78 is 0. The van der Waals surface area contributed by atoms with Crippen LogP contribution in [0.15, 0.2) is 91.2 Å². The molecule has 2 nitrogen and oxygen atoms in total. The fourth-order valence-corrected chi connectivity index (χ4v) is 7.92. The molecule has 4 aliphatic carbocycles. The molecule has 0 bridgehead atoms. The SMILES string of the molecule is C1=Cc2cc(-c3cc(C4C=CC(C5CCCc6cccnc65)CC4)c4c(n3)=CC(c3ccccc3)CC=4)ccc2CC1. The Kier molecular flexibility index (Phi) is 6.71. The first-order valence-corrected chi connectivity index (χ1v) is 16.0. The number of aromatic nitrogens is 2. The Labute approximate surface area is 249 Å². The molecule has 0 aliphatic heterocycles. The lowest BCUT2D eigenvalue weighted by Gasteiger charge is -2.33. The molecule has 42 heavy (non-hydrogen) atoms. The van der Waals surface area contributed by atoms with Gasteiger partial charge in [0.05, 0.1) is 11.0 Å². The summed E-state index contributed by atoms with van der Waals surface area (Å²) in [6.45, 7) is 0. The van der Waals surface area contributed by atoms with E-state index in [-0.39, 0.29) is 0 Å². The second-order valence-corrected chi connectivity index (χ2v) is 12.7. The van der Waals surface area contributed by atoms with Crippen LogP contribution in [0.2, 0.25) is 0 Å². The average Bonchev–Trinajstić information content (AvgIpc) is 3.07. The Hall–Kier alpha value is -4.04. The molecular formula is C40H38N2. The molecule has 8 rings (SSSR count). The molecule has 0 spiro atoms. The summed E-state index contributed by atoms with van der Waals surface area (Å²) >= 11 is 0. The van der Waals surface area contributed by atoms with Crippen LogP contribution in [-0.4, -0.2) is 9.97 Å². The van der Waals surface area contributed by atoms with Crippen molar-refractivity contribution >= 4 is 18.2 Å². The van der Waals surface area contributed by atoms with E-state index in [1.54, 1.807) is 0 Å². The van der Waals surface area contributed by atoms with Gasteiger partial charge in [0.1, 0.15) is 0 Å². The summed E-state index contributed by atoms with van der Waals surface area (Å²) in [5, 5.41) is 2.50. The van der Waals surface area contributed by atoms with Crippen molar-refractivity contribution in [2.75, 3.05) is 0 Å². The molecule has 0 radical (unpaired) electrons. The smallest absolute Gasteiger partial charge is 0.0712 e. The van der Waals surface area contributed by atoms with Gasteiger partial charge >= 0.3 is 0 Å². The maximum Gasteiger partial charge on any atom is 0.0712 e. The van der Waals surface area contributed by atoms with Crippen LogP contribution in [0.5, 0.6) is 0 Å². The van der Waals surface area contributed by atoms with Gasteiger partial charge in [-0.2, -0.15) is 0 Å². The van der Waals surface area contributed by atoms with Gasteiger partial charge in [0.2, 0.25) is 0 Å². The summed E-state index contributed by atoms with van der Waals surface area (Å²) in [4.78, 5) is 10.2. The van der Waals surface area contributed by atoms with Crippen molar-refractivity contribution < 1.29 is 0 Å². The van der Waals surface area contributed by atoms with E-state index in [1.165, 1.54) is 76.4 Å². The molecule has 0 fully saturated rings. The summed E-state index contributed by atoms with van der Waals surface area (Å²) in [7, 11) is 0. The number of hydrogen-bond donors (Lipinski definition) is 0. The van der Waals surface area contributed by atoms with E-state index >= 15 is 0 Å². The van der Waals surface area contributed by atoms with E-state index in [2.05, 4.69) is 103 Å². The van der Waals surface area contributed by atoms with E-state index in [4.69, 9.17) is 9.97 Å². The molecular weight excluding hydrogens is 508 g/mol. The Morgan fingerprint density at radius 2 is 1.74 bits per heavy atom. The van der Waals surface area contributed by atoms with Gasteiger partial charge in [0.25, 0.3) is 0 Å². The molecule has 0 amide bonds. The minimum absolute atomic E-state index is 0.367. The average molecular weight is 547 g/mol. The maximum atomic E-state index is 5.33. The van der Waals surface area contributed by atoms with E-state index in [0.29, 0.717) is 23.7 Å². The largest absolute Gasteiger partial charge is 0.261 e. The van der Waals surface area contributed by atoms with Crippen molar-refractivity contribution in [3.63, 3.8) is 0 Å². The maximum absolute atomic E-state index is 5.33. The zero-order valence-corrected chi connectivity index (χ0v) is 24.3. The standard InChI is InChI=1S/C40H38N2/c1-2-8-27(9-3-1)33-21-22-36-37(26-38(42-39(36)25-33)34-20-15-28-10-4-5-11-32(28)24-34)30-18-16-29(17-19-30)35-14-6-12-31-13-7-23-41-40(31)35/h1-3,5,7-9,11,13,15-16,18,20,22-26,29-30,33,35H,4,6,10,12,14,17,19,21H2. The second-order valence-electron chi connectivity index (χ2n) is 12.7. The van der Waals surface area contributed by atoms with E-state index in [9.17, 15) is 0 Å². The van der Waals surface area contributed by atoms with Crippen LogP contribution in [0.25, 0.3) is 29.5 Å². The summed E-state index contributed by atoms with van der Waals surface area (Å²) in [5.41, 5.74) is 10.8. The van der Waals surface area contributed by atoms with Crippen molar-refractivity contribution in [3.8, 4) is 11.3 Å². The highest BCUT2D eigenvalue weighted by atomic mass is 14.7. The molecule has 0 saturated carbocycles. The highest BCUT2D eigenvalue weighted by Crippen LogP contribution is 2.42. The molecule has 2 heteroatoms. The predicted octanol–water partition coefficient (Wildman–Crippen LogP) is 8.02. The summed E-state index contributed by atoms with van der Waals surface area (Å²) in [5.74, 6) is 1.92. The highest BCUT2D eigenvalue weighted by Gasteiger charge is 2.30. The first kappa shape index (κ1) is 25.7. The number of rotatable bonds is 4.